The lowest BCUT2D eigenvalue weighted by Crippen LogP contribution is -2.20. The summed E-state index contributed by atoms with van der Waals surface area (Å²) in [5, 5.41) is 11.2. The quantitative estimate of drug-likeness (QED) is 0.779. The van der Waals surface area contributed by atoms with Gasteiger partial charge in [-0.15, -0.1) is 0 Å². The second kappa shape index (κ2) is 6.37. The number of aliphatic hydroxyl groups excluding tert-OH is 1. The molecule has 1 heterocycles. The summed E-state index contributed by atoms with van der Waals surface area (Å²) >= 11 is 0. The SMILES string of the molecule is OC(COc1ccccc1)Cc1ccc2ccccc2n1. The predicted octanol–water partition coefficient (Wildman–Crippen LogP) is 3.22. The molecule has 0 radical (unpaired) electrons. The number of para-hydroxylation sites is 2. The summed E-state index contributed by atoms with van der Waals surface area (Å²) in [6.07, 6.45) is -0.0867. The molecule has 1 N–H and O–H groups in total. The monoisotopic (exact) mass is 279 g/mol. The van der Waals surface area contributed by atoms with Gasteiger partial charge in [0.1, 0.15) is 12.4 Å². The van der Waals surface area contributed by atoms with E-state index in [1.54, 1.807) is 0 Å². The molecule has 0 amide bonds. The van der Waals surface area contributed by atoms with Crippen molar-refractivity contribution in [3.63, 3.8) is 0 Å². The van der Waals surface area contributed by atoms with Crippen LogP contribution >= 0.6 is 0 Å². The van der Waals surface area contributed by atoms with Crippen molar-refractivity contribution < 1.29 is 9.84 Å². The lowest BCUT2D eigenvalue weighted by Gasteiger charge is -2.12. The molecule has 1 atom stereocenters. The molecule has 0 bridgehead atoms. The molecule has 106 valence electrons. The highest BCUT2D eigenvalue weighted by molar-refractivity contribution is 5.78. The van der Waals surface area contributed by atoms with Gasteiger partial charge in [0, 0.05) is 17.5 Å². The van der Waals surface area contributed by atoms with Crippen molar-refractivity contribution in [1.82, 2.24) is 4.98 Å². The summed E-state index contributed by atoms with van der Waals surface area (Å²) in [5.74, 6) is 0.767. The lowest BCUT2D eigenvalue weighted by molar-refractivity contribution is 0.107. The number of pyridine rings is 1. The second-order valence-electron chi connectivity index (χ2n) is 4.98. The van der Waals surface area contributed by atoms with Crippen molar-refractivity contribution in [3.05, 3.63) is 72.4 Å². The maximum atomic E-state index is 10.1. The first-order chi connectivity index (χ1) is 10.3. The first-order valence-corrected chi connectivity index (χ1v) is 7.02. The van der Waals surface area contributed by atoms with Crippen molar-refractivity contribution in [2.75, 3.05) is 6.61 Å². The Hall–Kier alpha value is -2.39. The number of ether oxygens (including phenoxy) is 1. The van der Waals surface area contributed by atoms with Crippen molar-refractivity contribution in [1.29, 1.82) is 0 Å². The van der Waals surface area contributed by atoms with E-state index in [1.807, 2.05) is 66.7 Å². The number of fused-ring (bicyclic) bond motifs is 1. The van der Waals surface area contributed by atoms with Gasteiger partial charge in [0.25, 0.3) is 0 Å². The summed E-state index contributed by atoms with van der Waals surface area (Å²) in [5.41, 5.74) is 1.82. The van der Waals surface area contributed by atoms with Crippen molar-refractivity contribution >= 4 is 10.9 Å². The average molecular weight is 279 g/mol. The highest BCUT2D eigenvalue weighted by Gasteiger charge is 2.08. The summed E-state index contributed by atoms with van der Waals surface area (Å²) in [6, 6.07) is 21.5. The van der Waals surface area contributed by atoms with E-state index in [2.05, 4.69) is 4.98 Å². The number of rotatable bonds is 5. The first-order valence-electron chi connectivity index (χ1n) is 7.02. The summed E-state index contributed by atoms with van der Waals surface area (Å²) in [7, 11) is 0. The molecule has 3 aromatic rings. The van der Waals surface area contributed by atoms with Gasteiger partial charge in [-0.2, -0.15) is 0 Å². The smallest absolute Gasteiger partial charge is 0.119 e. The number of aromatic nitrogens is 1. The van der Waals surface area contributed by atoms with Gasteiger partial charge >= 0.3 is 0 Å². The third-order valence-corrected chi connectivity index (χ3v) is 3.29. The van der Waals surface area contributed by atoms with E-state index in [4.69, 9.17) is 4.74 Å². The van der Waals surface area contributed by atoms with E-state index in [9.17, 15) is 5.11 Å². The van der Waals surface area contributed by atoms with E-state index in [0.717, 1.165) is 22.3 Å². The fraction of sp³-hybridized carbons (Fsp3) is 0.167. The van der Waals surface area contributed by atoms with E-state index in [-0.39, 0.29) is 6.61 Å². The summed E-state index contributed by atoms with van der Waals surface area (Å²) < 4.78 is 5.55. The first kappa shape index (κ1) is 13.6. The minimum Gasteiger partial charge on any atom is -0.491 e. The minimum atomic E-state index is -0.570. The highest BCUT2D eigenvalue weighted by atomic mass is 16.5. The standard InChI is InChI=1S/C18H17NO2/c20-16(13-21-17-7-2-1-3-8-17)12-15-11-10-14-6-4-5-9-18(14)19-15/h1-11,16,20H,12-13H2. The molecule has 21 heavy (non-hydrogen) atoms. The van der Waals surface area contributed by atoms with Crippen LogP contribution in [0.4, 0.5) is 0 Å². The van der Waals surface area contributed by atoms with Crippen molar-refractivity contribution in [3.8, 4) is 5.75 Å². The minimum absolute atomic E-state index is 0.262. The molecule has 0 aliphatic heterocycles. The fourth-order valence-corrected chi connectivity index (χ4v) is 2.23. The molecular weight excluding hydrogens is 262 g/mol. The molecule has 0 aliphatic carbocycles. The van der Waals surface area contributed by atoms with E-state index < -0.39 is 6.10 Å². The Labute approximate surface area is 123 Å². The molecule has 1 aromatic heterocycles. The second-order valence-corrected chi connectivity index (χ2v) is 4.98. The van der Waals surface area contributed by atoms with Gasteiger partial charge in [0.15, 0.2) is 0 Å². The van der Waals surface area contributed by atoms with Crippen LogP contribution in [0.25, 0.3) is 10.9 Å². The highest BCUT2D eigenvalue weighted by Crippen LogP contribution is 2.14. The van der Waals surface area contributed by atoms with Crippen LogP contribution in [0.3, 0.4) is 0 Å². The zero-order chi connectivity index (χ0) is 14.5. The van der Waals surface area contributed by atoms with Gasteiger partial charge in [0.2, 0.25) is 0 Å². The van der Waals surface area contributed by atoms with Gasteiger partial charge in [-0.05, 0) is 24.3 Å². The molecule has 3 heteroatoms. The van der Waals surface area contributed by atoms with E-state index >= 15 is 0 Å². The number of benzene rings is 2. The van der Waals surface area contributed by atoms with Crippen LogP contribution in [-0.2, 0) is 6.42 Å². The Morgan fingerprint density at radius 2 is 1.67 bits per heavy atom. The van der Waals surface area contributed by atoms with Crippen LogP contribution < -0.4 is 4.74 Å². The van der Waals surface area contributed by atoms with Crippen molar-refractivity contribution in [2.24, 2.45) is 0 Å². The molecule has 0 aliphatic rings. The van der Waals surface area contributed by atoms with Gasteiger partial charge < -0.3 is 9.84 Å². The van der Waals surface area contributed by atoms with Crippen LogP contribution in [0.2, 0.25) is 0 Å². The number of nitrogens with zero attached hydrogens (tertiary/aromatic N) is 1. The maximum Gasteiger partial charge on any atom is 0.119 e. The number of hydrogen-bond acceptors (Lipinski definition) is 3. The molecule has 0 saturated heterocycles. The molecular formula is C18H17NO2. The Bertz CT molecular complexity index is 712. The molecule has 0 fully saturated rings. The van der Waals surface area contributed by atoms with Crippen LogP contribution in [0.15, 0.2) is 66.7 Å². The molecule has 3 nitrogen and oxygen atoms in total. The third kappa shape index (κ3) is 3.58. The maximum absolute atomic E-state index is 10.1. The van der Waals surface area contributed by atoms with Gasteiger partial charge in [0.05, 0.1) is 11.6 Å². The Morgan fingerprint density at radius 1 is 0.905 bits per heavy atom. The molecule has 0 saturated carbocycles. The Balaban J connectivity index is 1.62. The normalized spacial score (nSPS) is 12.2. The van der Waals surface area contributed by atoms with Gasteiger partial charge in [-0.3, -0.25) is 4.98 Å². The summed E-state index contributed by atoms with van der Waals surface area (Å²) in [4.78, 5) is 4.55. The van der Waals surface area contributed by atoms with Crippen LogP contribution in [0.5, 0.6) is 5.75 Å². The zero-order valence-electron chi connectivity index (χ0n) is 11.6. The Morgan fingerprint density at radius 3 is 2.52 bits per heavy atom. The topological polar surface area (TPSA) is 42.4 Å². The predicted molar refractivity (Wildman–Crippen MR) is 83.4 cm³/mol. The Kier molecular flexibility index (Phi) is 4.12. The van der Waals surface area contributed by atoms with Gasteiger partial charge in [-0.25, -0.2) is 0 Å². The van der Waals surface area contributed by atoms with Gasteiger partial charge in [-0.1, -0.05) is 42.5 Å². The van der Waals surface area contributed by atoms with Crippen LogP contribution in [0.1, 0.15) is 5.69 Å². The average Bonchev–Trinajstić information content (AvgIpc) is 2.54. The van der Waals surface area contributed by atoms with Crippen LogP contribution in [0, 0.1) is 0 Å². The van der Waals surface area contributed by atoms with Crippen molar-refractivity contribution in [2.45, 2.75) is 12.5 Å². The van der Waals surface area contributed by atoms with E-state index in [0.29, 0.717) is 6.42 Å². The number of aliphatic hydroxyl groups is 1. The fourth-order valence-electron chi connectivity index (χ4n) is 2.23. The molecule has 0 spiro atoms. The molecule has 3 rings (SSSR count). The zero-order valence-corrected chi connectivity index (χ0v) is 11.6. The molecule has 2 aromatic carbocycles. The third-order valence-electron chi connectivity index (χ3n) is 3.29. The van der Waals surface area contributed by atoms with E-state index in [1.165, 1.54) is 0 Å². The lowest BCUT2D eigenvalue weighted by atomic mass is 10.1. The summed E-state index contributed by atoms with van der Waals surface area (Å²) in [6.45, 7) is 0.262. The number of hydrogen-bond donors (Lipinski definition) is 1. The molecule has 1 unspecified atom stereocenters. The van der Waals surface area contributed by atoms with Crippen LogP contribution in [-0.4, -0.2) is 22.8 Å². The largest absolute Gasteiger partial charge is 0.491 e.